The second-order valence-electron chi connectivity index (χ2n) is 9.87. The fraction of sp³-hybridized carbons (Fsp3) is 0.414. The number of nitrogens with one attached hydrogen (secondary N) is 1. The normalized spacial score (nSPS) is 15.1. The molecule has 0 bridgehead atoms. The van der Waals surface area contributed by atoms with Crippen molar-refractivity contribution < 1.29 is 38.1 Å². The van der Waals surface area contributed by atoms with E-state index in [-0.39, 0.29) is 18.7 Å². The van der Waals surface area contributed by atoms with Crippen LogP contribution in [0.15, 0.2) is 54.2 Å². The second kappa shape index (κ2) is 13.0. The fourth-order valence-electron chi connectivity index (χ4n) is 4.26. The topological polar surface area (TPSA) is 113 Å². The molecule has 0 unspecified atom stereocenters. The zero-order valence-corrected chi connectivity index (χ0v) is 23.2. The number of alkyl carbamates (subject to hydrolysis) is 1. The van der Waals surface area contributed by atoms with E-state index in [1.54, 1.807) is 46.0 Å². The van der Waals surface area contributed by atoms with Crippen molar-refractivity contribution in [3.8, 4) is 11.5 Å². The van der Waals surface area contributed by atoms with Crippen molar-refractivity contribution in [1.29, 1.82) is 0 Å². The maximum absolute atomic E-state index is 13.2. The van der Waals surface area contributed by atoms with E-state index in [0.29, 0.717) is 24.5 Å². The van der Waals surface area contributed by atoms with Crippen molar-refractivity contribution in [2.75, 3.05) is 27.9 Å². The molecule has 2 amide bonds. The first-order chi connectivity index (χ1) is 18.6. The zero-order valence-electron chi connectivity index (χ0n) is 23.2. The predicted molar refractivity (Wildman–Crippen MR) is 143 cm³/mol. The molecule has 1 aliphatic heterocycles. The Morgan fingerprint density at radius 3 is 2.38 bits per heavy atom. The van der Waals surface area contributed by atoms with Crippen LogP contribution in [0.2, 0.25) is 0 Å². The summed E-state index contributed by atoms with van der Waals surface area (Å²) in [7, 11) is 4.33. The largest absolute Gasteiger partial charge is 0.497 e. The molecule has 2 aromatic rings. The van der Waals surface area contributed by atoms with E-state index in [1.165, 1.54) is 13.2 Å². The number of hydrogen-bond donors (Lipinski definition) is 1. The van der Waals surface area contributed by atoms with Crippen LogP contribution in [-0.4, -0.2) is 56.5 Å². The van der Waals surface area contributed by atoms with E-state index in [4.69, 9.17) is 23.7 Å². The standard InChI is InChI=1S/C29H36N2O8/c1-29(2,3)39-28(34)31-15-14-20-16-21(35-4)17-24(36-5)25(20)23(31)13-12-22(26(32)37-6)30-27(33)38-18-19-10-8-7-9-11-19/h7-12,16-17,23H,13-15,18H2,1-6H3,(H,30,33)/b22-12+/t23-/m1/s1. The van der Waals surface area contributed by atoms with Crippen LogP contribution in [0.4, 0.5) is 9.59 Å². The molecule has 0 radical (unpaired) electrons. The molecule has 39 heavy (non-hydrogen) atoms. The highest BCUT2D eigenvalue weighted by molar-refractivity contribution is 5.92. The maximum Gasteiger partial charge on any atom is 0.412 e. The highest BCUT2D eigenvalue weighted by Crippen LogP contribution is 2.42. The minimum absolute atomic E-state index is 0.0303. The highest BCUT2D eigenvalue weighted by Gasteiger charge is 2.36. The Labute approximate surface area is 228 Å². The summed E-state index contributed by atoms with van der Waals surface area (Å²) in [5, 5.41) is 2.47. The second-order valence-corrected chi connectivity index (χ2v) is 9.87. The Bertz CT molecular complexity index is 1190. The van der Waals surface area contributed by atoms with Crippen LogP contribution in [0.25, 0.3) is 0 Å². The van der Waals surface area contributed by atoms with Gasteiger partial charge < -0.3 is 28.6 Å². The number of nitrogens with zero attached hydrogens (tertiary/aromatic N) is 1. The number of carbonyl (C=O) groups excluding carboxylic acids is 3. The highest BCUT2D eigenvalue weighted by atomic mass is 16.6. The van der Waals surface area contributed by atoms with Crippen LogP contribution in [-0.2, 0) is 32.0 Å². The lowest BCUT2D eigenvalue weighted by molar-refractivity contribution is -0.136. The SMILES string of the molecule is COC(=O)/C(=C\C[C@@H]1c2c(cc(OC)cc2OC)CCN1C(=O)OC(C)(C)C)NC(=O)OCc1ccccc1. The summed E-state index contributed by atoms with van der Waals surface area (Å²) in [4.78, 5) is 39.9. The van der Waals surface area contributed by atoms with Gasteiger partial charge in [0.2, 0.25) is 0 Å². The summed E-state index contributed by atoms with van der Waals surface area (Å²) in [6.45, 7) is 5.79. The van der Waals surface area contributed by atoms with Crippen LogP contribution in [0.3, 0.4) is 0 Å². The quantitative estimate of drug-likeness (QED) is 0.286. The number of rotatable bonds is 8. The number of esters is 1. The van der Waals surface area contributed by atoms with Crippen molar-refractivity contribution >= 4 is 18.2 Å². The van der Waals surface area contributed by atoms with E-state index in [1.807, 2.05) is 36.4 Å². The van der Waals surface area contributed by atoms with Gasteiger partial charge in [-0.15, -0.1) is 0 Å². The molecule has 1 aliphatic rings. The Kier molecular flexibility index (Phi) is 9.81. The van der Waals surface area contributed by atoms with Crippen LogP contribution >= 0.6 is 0 Å². The summed E-state index contributed by atoms with van der Waals surface area (Å²) in [6, 6.07) is 12.2. The molecule has 0 saturated heterocycles. The number of fused-ring (bicyclic) bond motifs is 1. The maximum atomic E-state index is 13.2. The molecule has 0 saturated carbocycles. The third kappa shape index (κ3) is 7.89. The summed E-state index contributed by atoms with van der Waals surface area (Å²) >= 11 is 0. The van der Waals surface area contributed by atoms with E-state index in [2.05, 4.69) is 5.32 Å². The van der Waals surface area contributed by atoms with Crippen molar-refractivity contribution in [2.24, 2.45) is 0 Å². The summed E-state index contributed by atoms with van der Waals surface area (Å²) in [5.74, 6) is 0.405. The van der Waals surface area contributed by atoms with E-state index in [0.717, 1.165) is 16.7 Å². The van der Waals surface area contributed by atoms with Gasteiger partial charge in [-0.05, 0) is 50.8 Å². The first-order valence-corrected chi connectivity index (χ1v) is 12.6. The minimum Gasteiger partial charge on any atom is -0.497 e. The van der Waals surface area contributed by atoms with Crippen LogP contribution in [0, 0.1) is 0 Å². The number of methoxy groups -OCH3 is 3. The summed E-state index contributed by atoms with van der Waals surface area (Å²) < 4.78 is 26.9. The predicted octanol–water partition coefficient (Wildman–Crippen LogP) is 4.91. The molecular formula is C29H36N2O8. The molecule has 0 fully saturated rings. The van der Waals surface area contributed by atoms with Crippen LogP contribution < -0.4 is 14.8 Å². The molecule has 0 aromatic heterocycles. The molecule has 10 nitrogen and oxygen atoms in total. The van der Waals surface area contributed by atoms with Crippen molar-refractivity contribution in [3.05, 3.63) is 70.9 Å². The smallest absolute Gasteiger partial charge is 0.412 e. The van der Waals surface area contributed by atoms with Gasteiger partial charge in [0, 0.05) is 18.2 Å². The number of amides is 2. The Hall–Kier alpha value is -4.21. The van der Waals surface area contributed by atoms with Gasteiger partial charge in [0.15, 0.2) is 0 Å². The van der Waals surface area contributed by atoms with Gasteiger partial charge in [-0.25, -0.2) is 14.4 Å². The van der Waals surface area contributed by atoms with Gasteiger partial charge in [-0.2, -0.15) is 0 Å². The number of hydrogen-bond acceptors (Lipinski definition) is 8. The number of benzene rings is 2. The van der Waals surface area contributed by atoms with Gasteiger partial charge in [0.1, 0.15) is 29.4 Å². The first-order valence-electron chi connectivity index (χ1n) is 12.6. The molecule has 1 heterocycles. The lowest BCUT2D eigenvalue weighted by Gasteiger charge is -2.38. The van der Waals surface area contributed by atoms with Crippen molar-refractivity contribution in [1.82, 2.24) is 10.2 Å². The molecule has 210 valence electrons. The summed E-state index contributed by atoms with van der Waals surface area (Å²) in [5.41, 5.74) is 1.69. The molecule has 10 heteroatoms. The third-order valence-corrected chi connectivity index (χ3v) is 6.02. The summed E-state index contributed by atoms with van der Waals surface area (Å²) in [6.07, 6.45) is 0.899. The zero-order chi connectivity index (χ0) is 28.6. The molecule has 0 aliphatic carbocycles. The van der Waals surface area contributed by atoms with Gasteiger partial charge in [0.25, 0.3) is 0 Å². The number of ether oxygens (including phenoxy) is 5. The van der Waals surface area contributed by atoms with E-state index < -0.39 is 29.8 Å². The average molecular weight is 541 g/mol. The van der Waals surface area contributed by atoms with Gasteiger partial charge in [0.05, 0.1) is 27.4 Å². The number of carbonyl (C=O) groups is 3. The molecule has 1 atom stereocenters. The fourth-order valence-corrected chi connectivity index (χ4v) is 4.26. The van der Waals surface area contributed by atoms with Gasteiger partial charge >= 0.3 is 18.2 Å². The molecule has 1 N–H and O–H groups in total. The van der Waals surface area contributed by atoms with E-state index >= 15 is 0 Å². The molecule has 0 spiro atoms. The third-order valence-electron chi connectivity index (χ3n) is 6.02. The lowest BCUT2D eigenvalue weighted by atomic mass is 9.89. The minimum atomic E-state index is -0.814. The van der Waals surface area contributed by atoms with Gasteiger partial charge in [-0.3, -0.25) is 5.32 Å². The Morgan fingerprint density at radius 1 is 1.05 bits per heavy atom. The average Bonchev–Trinajstić information content (AvgIpc) is 2.92. The molecule has 3 rings (SSSR count). The Balaban J connectivity index is 1.91. The van der Waals surface area contributed by atoms with Crippen LogP contribution in [0.1, 0.15) is 49.9 Å². The monoisotopic (exact) mass is 540 g/mol. The molecule has 2 aromatic carbocycles. The first kappa shape index (κ1) is 29.3. The van der Waals surface area contributed by atoms with Crippen molar-refractivity contribution in [3.63, 3.8) is 0 Å². The molecular weight excluding hydrogens is 504 g/mol. The van der Waals surface area contributed by atoms with Crippen molar-refractivity contribution in [2.45, 2.75) is 51.9 Å². The van der Waals surface area contributed by atoms with E-state index in [9.17, 15) is 14.4 Å². The van der Waals surface area contributed by atoms with Crippen LogP contribution in [0.5, 0.6) is 11.5 Å². The Morgan fingerprint density at radius 2 is 1.77 bits per heavy atom. The lowest BCUT2D eigenvalue weighted by Crippen LogP contribution is -2.43. The van der Waals surface area contributed by atoms with Gasteiger partial charge in [-0.1, -0.05) is 36.4 Å².